The maximum Gasteiger partial charge on any atom is 0.442 e. The molecule has 1 fully saturated rings. The van der Waals surface area contributed by atoms with Gasteiger partial charge >= 0.3 is 35.7 Å². The Balaban J connectivity index is 1.41. The first kappa shape index (κ1) is 25.5. The molecule has 40 heavy (non-hydrogen) atoms. The van der Waals surface area contributed by atoms with Crippen molar-refractivity contribution in [3.05, 3.63) is 78.9 Å². The number of fused-ring (bicyclic) bond motifs is 2. The van der Waals surface area contributed by atoms with Gasteiger partial charge in [0.25, 0.3) is 0 Å². The molecule has 0 aliphatic carbocycles. The monoisotopic (exact) mass is 562 g/mol. The molecule has 3 aromatic rings. The van der Waals surface area contributed by atoms with Crippen molar-refractivity contribution in [3.63, 3.8) is 0 Å². The first-order chi connectivity index (χ1) is 19.4. The zero-order valence-electron chi connectivity index (χ0n) is 20.8. The van der Waals surface area contributed by atoms with E-state index in [1.807, 2.05) is 24.3 Å². The molecular weight excluding hydrogens is 540 g/mol. The van der Waals surface area contributed by atoms with Crippen LogP contribution < -0.4 is 10.2 Å². The number of thiazole rings is 1. The summed E-state index contributed by atoms with van der Waals surface area (Å²) in [5.74, 6) is -8.90. The molecule has 13 heteroatoms. The highest BCUT2D eigenvalue weighted by atomic mass is 32.1. The fourth-order valence-corrected chi connectivity index (χ4v) is 5.68. The lowest BCUT2D eigenvalue weighted by atomic mass is 10.1. The molecule has 1 N–H and O–H groups in total. The van der Waals surface area contributed by atoms with Crippen LogP contribution in [0.15, 0.2) is 78.9 Å². The molecule has 0 radical (unpaired) electrons. The second-order valence-electron chi connectivity index (χ2n) is 8.90. The van der Waals surface area contributed by atoms with Crippen molar-refractivity contribution in [3.8, 4) is 0 Å². The highest BCUT2D eigenvalue weighted by Gasteiger charge is 2.74. The van der Waals surface area contributed by atoms with Crippen molar-refractivity contribution >= 4 is 56.2 Å². The van der Waals surface area contributed by atoms with Gasteiger partial charge in [-0.2, -0.15) is 0 Å². The number of carbonyl (C=O) groups is 4. The molecule has 0 saturated carbocycles. The highest BCUT2D eigenvalue weighted by Crippen LogP contribution is 2.46. The summed E-state index contributed by atoms with van der Waals surface area (Å²) in [6.45, 7) is 0.645. The summed E-state index contributed by atoms with van der Waals surface area (Å²) in [6, 6.07) is 16.3. The number of nitrogens with zero attached hydrogens (tertiary/aromatic N) is 3. The Morgan fingerprint density at radius 3 is 1.95 bits per heavy atom. The van der Waals surface area contributed by atoms with Gasteiger partial charge in [0.05, 0.1) is 10.2 Å². The van der Waals surface area contributed by atoms with Crippen LogP contribution in [0.1, 0.15) is 0 Å². The van der Waals surface area contributed by atoms with Crippen molar-refractivity contribution in [2.45, 2.75) is 11.8 Å². The van der Waals surface area contributed by atoms with E-state index in [0.29, 0.717) is 10.8 Å². The van der Waals surface area contributed by atoms with Gasteiger partial charge in [0.2, 0.25) is 0 Å². The lowest BCUT2D eigenvalue weighted by molar-refractivity contribution is -0.415. The SMILES string of the molecule is O=C1C=CC(=O)OC2(O1)N(CCNc1nc3ccccc3s1)CCN(c1ccccc1)C21OC(=O)C=CC(=O)O1. The number of rotatable bonds is 5. The van der Waals surface area contributed by atoms with Gasteiger partial charge in [0, 0.05) is 56.2 Å². The fraction of sp³-hybridized carbons (Fsp3) is 0.222. The van der Waals surface area contributed by atoms with Crippen LogP contribution in [0.4, 0.5) is 10.8 Å². The van der Waals surface area contributed by atoms with Gasteiger partial charge < -0.3 is 24.3 Å². The Bertz CT molecular complexity index is 1480. The van der Waals surface area contributed by atoms with Gasteiger partial charge in [-0.15, -0.1) is 0 Å². The highest BCUT2D eigenvalue weighted by molar-refractivity contribution is 7.22. The average Bonchev–Trinajstić information content (AvgIpc) is 3.21. The molecule has 0 unspecified atom stereocenters. The zero-order chi connectivity index (χ0) is 27.7. The first-order valence-electron chi connectivity index (χ1n) is 12.3. The molecule has 1 aromatic heterocycles. The van der Waals surface area contributed by atoms with Gasteiger partial charge in [-0.05, 0) is 24.3 Å². The number of esters is 4. The lowest BCUT2D eigenvalue weighted by Crippen LogP contribution is -2.81. The minimum absolute atomic E-state index is 0.101. The van der Waals surface area contributed by atoms with Crippen molar-refractivity contribution < 1.29 is 38.1 Å². The van der Waals surface area contributed by atoms with Crippen molar-refractivity contribution in [2.75, 3.05) is 36.4 Å². The molecule has 0 bridgehead atoms. The zero-order valence-corrected chi connectivity index (χ0v) is 21.7. The number of carbonyl (C=O) groups excluding carboxylic acids is 4. The van der Waals surface area contributed by atoms with Crippen LogP contribution in [0.5, 0.6) is 0 Å². The quantitative estimate of drug-likeness (QED) is 0.456. The average molecular weight is 563 g/mol. The van der Waals surface area contributed by atoms with E-state index in [1.54, 1.807) is 30.3 Å². The summed E-state index contributed by atoms with van der Waals surface area (Å²) in [7, 11) is 0. The topological polar surface area (TPSA) is 137 Å². The van der Waals surface area contributed by atoms with Crippen LogP contribution in [0.25, 0.3) is 10.2 Å². The molecule has 2 aromatic carbocycles. The van der Waals surface area contributed by atoms with Crippen LogP contribution in [0.2, 0.25) is 0 Å². The van der Waals surface area contributed by atoms with Gasteiger partial charge in [-0.1, -0.05) is 41.7 Å². The lowest BCUT2D eigenvalue weighted by Gasteiger charge is -2.56. The third-order valence-corrected chi connectivity index (χ3v) is 7.44. The Kier molecular flexibility index (Phi) is 6.44. The minimum atomic E-state index is -2.53. The third kappa shape index (κ3) is 4.44. The summed E-state index contributed by atoms with van der Waals surface area (Å²) >= 11 is 1.46. The number of nitrogens with one attached hydrogen (secondary N) is 1. The van der Waals surface area contributed by atoms with E-state index in [2.05, 4.69) is 10.3 Å². The first-order valence-corrected chi connectivity index (χ1v) is 13.2. The standard InChI is InChI=1S/C27H22N4O8S/c32-21-10-11-22(33)37-26(36-21)27(38-23(34)12-13-24(35)39-27)31(18-6-2-1-3-7-18)17-16-30(26)15-14-28-25-29-19-8-4-5-9-20(19)40-25/h1-13H,14-17H2,(H,28,29). The Hall–Kier alpha value is -4.75. The number of ether oxygens (including phenoxy) is 4. The van der Waals surface area contributed by atoms with E-state index in [0.717, 1.165) is 34.5 Å². The molecule has 0 atom stereocenters. The van der Waals surface area contributed by atoms with Crippen molar-refractivity contribution in [2.24, 2.45) is 0 Å². The van der Waals surface area contributed by atoms with E-state index in [4.69, 9.17) is 18.9 Å². The molecule has 6 rings (SSSR count). The number of piperazine rings is 1. The Morgan fingerprint density at radius 2 is 1.32 bits per heavy atom. The smallest absolute Gasteiger partial charge is 0.397 e. The summed E-state index contributed by atoms with van der Waals surface area (Å²) in [5, 5.41) is 3.89. The number of aromatic nitrogens is 1. The van der Waals surface area contributed by atoms with E-state index >= 15 is 0 Å². The minimum Gasteiger partial charge on any atom is -0.397 e. The Morgan fingerprint density at radius 1 is 0.750 bits per heavy atom. The molecular formula is C27H22N4O8S. The van der Waals surface area contributed by atoms with Crippen LogP contribution in [0.3, 0.4) is 0 Å². The summed E-state index contributed by atoms with van der Waals surface area (Å²) in [6.07, 6.45) is 3.56. The molecule has 204 valence electrons. The normalized spacial score (nSPS) is 20.1. The number of anilines is 2. The second-order valence-corrected chi connectivity index (χ2v) is 9.93. The van der Waals surface area contributed by atoms with E-state index < -0.39 is 35.7 Å². The number of hydrogen-bond acceptors (Lipinski definition) is 13. The van der Waals surface area contributed by atoms with Crippen LogP contribution in [-0.2, 0) is 38.1 Å². The Labute approximate surface area is 231 Å². The third-order valence-electron chi connectivity index (χ3n) is 6.45. The maximum atomic E-state index is 12.9. The molecule has 3 aliphatic rings. The van der Waals surface area contributed by atoms with E-state index in [9.17, 15) is 19.2 Å². The number of benzene rings is 2. The maximum absolute atomic E-state index is 12.9. The van der Waals surface area contributed by atoms with Crippen molar-refractivity contribution in [1.29, 1.82) is 0 Å². The van der Waals surface area contributed by atoms with E-state index in [1.165, 1.54) is 21.1 Å². The van der Waals surface area contributed by atoms with Gasteiger partial charge in [0.1, 0.15) is 0 Å². The summed E-state index contributed by atoms with van der Waals surface area (Å²) in [4.78, 5) is 58.9. The molecule has 0 amide bonds. The molecule has 12 nitrogen and oxygen atoms in total. The molecule has 4 heterocycles. The molecule has 2 spiro atoms. The predicted molar refractivity (Wildman–Crippen MR) is 142 cm³/mol. The number of para-hydroxylation sites is 2. The van der Waals surface area contributed by atoms with Gasteiger partial charge in [0.15, 0.2) is 5.13 Å². The largest absolute Gasteiger partial charge is 0.442 e. The predicted octanol–water partition coefficient (Wildman–Crippen LogP) is 2.15. The summed E-state index contributed by atoms with van der Waals surface area (Å²) in [5.41, 5.74) is 1.30. The number of hydrogen-bond donors (Lipinski definition) is 1. The molecule has 3 aliphatic heterocycles. The van der Waals surface area contributed by atoms with E-state index in [-0.39, 0.29) is 26.2 Å². The molecule has 1 saturated heterocycles. The van der Waals surface area contributed by atoms with Gasteiger partial charge in [-0.25, -0.2) is 29.1 Å². The summed E-state index contributed by atoms with van der Waals surface area (Å²) < 4.78 is 24.0. The van der Waals surface area contributed by atoms with Crippen LogP contribution >= 0.6 is 11.3 Å². The van der Waals surface area contributed by atoms with Gasteiger partial charge in [-0.3, -0.25) is 4.90 Å². The van der Waals surface area contributed by atoms with Crippen molar-refractivity contribution in [1.82, 2.24) is 9.88 Å². The van der Waals surface area contributed by atoms with Crippen LogP contribution in [0, 0.1) is 0 Å². The fourth-order valence-electron chi connectivity index (χ4n) is 4.79. The second kappa shape index (κ2) is 10.1. The van der Waals surface area contributed by atoms with Crippen LogP contribution in [-0.4, -0.2) is 71.8 Å².